The SMILES string of the molecule is C=C(c1cccc(-c2ccc3ccccc3c2)c1)c1cc2ccccc2[nH]1. The molecule has 5 rings (SSSR count). The van der Waals surface area contributed by atoms with Crippen molar-refractivity contribution in [1.29, 1.82) is 0 Å². The molecule has 0 aliphatic carbocycles. The number of fused-ring (bicyclic) bond motifs is 2. The van der Waals surface area contributed by atoms with E-state index in [0.29, 0.717) is 0 Å². The van der Waals surface area contributed by atoms with Crippen molar-refractivity contribution in [2.45, 2.75) is 0 Å². The first-order valence-electron chi connectivity index (χ1n) is 9.15. The van der Waals surface area contributed by atoms with Crippen LogP contribution < -0.4 is 0 Å². The van der Waals surface area contributed by atoms with Crippen LogP contribution in [0.4, 0.5) is 0 Å². The number of H-pyrrole nitrogens is 1. The Morgan fingerprint density at radius 2 is 1.33 bits per heavy atom. The Kier molecular flexibility index (Phi) is 3.65. The molecule has 1 heteroatoms. The van der Waals surface area contributed by atoms with Crippen LogP contribution in [0, 0.1) is 0 Å². The molecule has 0 fully saturated rings. The molecule has 0 unspecified atom stereocenters. The van der Waals surface area contributed by atoms with E-state index in [1.54, 1.807) is 0 Å². The molecule has 0 bridgehead atoms. The summed E-state index contributed by atoms with van der Waals surface area (Å²) in [5, 5.41) is 3.73. The summed E-state index contributed by atoms with van der Waals surface area (Å²) in [6, 6.07) is 34.2. The summed E-state index contributed by atoms with van der Waals surface area (Å²) in [4.78, 5) is 3.48. The maximum Gasteiger partial charge on any atom is 0.0464 e. The first-order valence-corrected chi connectivity index (χ1v) is 9.15. The Morgan fingerprint density at radius 1 is 0.593 bits per heavy atom. The van der Waals surface area contributed by atoms with Gasteiger partial charge in [0.05, 0.1) is 0 Å². The molecule has 4 aromatic carbocycles. The molecule has 0 saturated carbocycles. The van der Waals surface area contributed by atoms with Crippen molar-refractivity contribution in [3.63, 3.8) is 0 Å². The third-order valence-corrected chi connectivity index (χ3v) is 5.15. The average molecular weight is 345 g/mol. The van der Waals surface area contributed by atoms with Crippen LogP contribution in [0.15, 0.2) is 104 Å². The highest BCUT2D eigenvalue weighted by Crippen LogP contribution is 2.29. The van der Waals surface area contributed by atoms with Crippen molar-refractivity contribution in [1.82, 2.24) is 4.98 Å². The maximum atomic E-state index is 4.34. The highest BCUT2D eigenvalue weighted by Gasteiger charge is 2.08. The summed E-state index contributed by atoms with van der Waals surface area (Å²) in [5.74, 6) is 0. The molecule has 0 radical (unpaired) electrons. The van der Waals surface area contributed by atoms with Crippen molar-refractivity contribution in [2.24, 2.45) is 0 Å². The van der Waals surface area contributed by atoms with Gasteiger partial charge in [-0.25, -0.2) is 0 Å². The fourth-order valence-electron chi connectivity index (χ4n) is 3.65. The number of rotatable bonds is 3. The van der Waals surface area contributed by atoms with Gasteiger partial charge in [-0.2, -0.15) is 0 Å². The summed E-state index contributed by atoms with van der Waals surface area (Å²) in [7, 11) is 0. The normalized spacial score (nSPS) is 11.1. The van der Waals surface area contributed by atoms with Crippen molar-refractivity contribution >= 4 is 27.2 Å². The summed E-state index contributed by atoms with van der Waals surface area (Å²) >= 11 is 0. The van der Waals surface area contributed by atoms with Crippen LogP contribution in [0.1, 0.15) is 11.3 Å². The van der Waals surface area contributed by atoms with Crippen LogP contribution in [-0.4, -0.2) is 4.98 Å². The third kappa shape index (κ3) is 2.84. The van der Waals surface area contributed by atoms with E-state index in [1.165, 1.54) is 27.3 Å². The van der Waals surface area contributed by atoms with E-state index in [-0.39, 0.29) is 0 Å². The molecule has 1 heterocycles. The smallest absolute Gasteiger partial charge is 0.0464 e. The van der Waals surface area contributed by atoms with E-state index in [2.05, 4.69) is 103 Å². The monoisotopic (exact) mass is 345 g/mol. The van der Waals surface area contributed by atoms with E-state index in [9.17, 15) is 0 Å². The van der Waals surface area contributed by atoms with Gasteiger partial charge in [-0.05, 0) is 57.3 Å². The van der Waals surface area contributed by atoms with Gasteiger partial charge >= 0.3 is 0 Å². The maximum absolute atomic E-state index is 4.34. The molecule has 1 N–H and O–H groups in total. The molecule has 5 aromatic rings. The molecule has 128 valence electrons. The molecule has 1 nitrogen and oxygen atoms in total. The van der Waals surface area contributed by atoms with E-state index in [0.717, 1.165) is 22.3 Å². The van der Waals surface area contributed by atoms with Gasteiger partial charge in [0.1, 0.15) is 0 Å². The predicted octanol–water partition coefficient (Wildman–Crippen LogP) is 7.05. The lowest BCUT2D eigenvalue weighted by molar-refractivity contribution is 1.39. The Labute approximate surface area is 158 Å². The number of hydrogen-bond acceptors (Lipinski definition) is 0. The van der Waals surface area contributed by atoms with Crippen LogP contribution in [-0.2, 0) is 0 Å². The minimum absolute atomic E-state index is 1.01. The number of benzene rings is 4. The van der Waals surface area contributed by atoms with Gasteiger partial charge in [-0.3, -0.25) is 0 Å². The Bertz CT molecular complexity index is 1260. The van der Waals surface area contributed by atoms with Gasteiger partial charge in [-0.1, -0.05) is 79.4 Å². The quantitative estimate of drug-likeness (QED) is 0.360. The zero-order chi connectivity index (χ0) is 18.2. The lowest BCUT2D eigenvalue weighted by Gasteiger charge is -2.08. The van der Waals surface area contributed by atoms with Crippen LogP contribution in [0.2, 0.25) is 0 Å². The highest BCUT2D eigenvalue weighted by molar-refractivity contribution is 5.90. The number of hydrogen-bond donors (Lipinski definition) is 1. The van der Waals surface area contributed by atoms with Gasteiger partial charge < -0.3 is 4.98 Å². The Morgan fingerprint density at radius 3 is 2.19 bits per heavy atom. The lowest BCUT2D eigenvalue weighted by Crippen LogP contribution is -1.88. The zero-order valence-corrected chi connectivity index (χ0v) is 14.9. The molecular weight excluding hydrogens is 326 g/mol. The minimum atomic E-state index is 1.01. The van der Waals surface area contributed by atoms with E-state index in [1.807, 2.05) is 6.07 Å². The largest absolute Gasteiger partial charge is 0.355 e. The topological polar surface area (TPSA) is 15.8 Å². The summed E-state index contributed by atoms with van der Waals surface area (Å²) in [6.45, 7) is 4.34. The molecule has 0 spiro atoms. The molecule has 1 aromatic heterocycles. The number of nitrogens with one attached hydrogen (secondary N) is 1. The predicted molar refractivity (Wildman–Crippen MR) is 116 cm³/mol. The molecule has 0 aliphatic rings. The van der Waals surface area contributed by atoms with Crippen molar-refractivity contribution in [3.05, 3.63) is 115 Å². The number of aromatic amines is 1. The van der Waals surface area contributed by atoms with Crippen molar-refractivity contribution in [3.8, 4) is 11.1 Å². The van der Waals surface area contributed by atoms with Gasteiger partial charge in [0, 0.05) is 16.6 Å². The van der Waals surface area contributed by atoms with Crippen LogP contribution in [0.25, 0.3) is 38.4 Å². The highest BCUT2D eigenvalue weighted by atomic mass is 14.7. The second kappa shape index (κ2) is 6.30. The first kappa shape index (κ1) is 15.7. The summed E-state index contributed by atoms with van der Waals surface area (Å²) < 4.78 is 0. The first-order chi connectivity index (χ1) is 13.3. The second-order valence-corrected chi connectivity index (χ2v) is 6.89. The Balaban J connectivity index is 1.55. The molecule has 0 aliphatic heterocycles. The number of aromatic nitrogens is 1. The molecular formula is C26H19N. The third-order valence-electron chi connectivity index (χ3n) is 5.15. The van der Waals surface area contributed by atoms with Crippen LogP contribution in [0.3, 0.4) is 0 Å². The summed E-state index contributed by atoms with van der Waals surface area (Å²) in [5.41, 5.74) is 6.77. The summed E-state index contributed by atoms with van der Waals surface area (Å²) in [6.07, 6.45) is 0. The van der Waals surface area contributed by atoms with Crippen molar-refractivity contribution < 1.29 is 0 Å². The average Bonchev–Trinajstić information content (AvgIpc) is 3.17. The second-order valence-electron chi connectivity index (χ2n) is 6.89. The van der Waals surface area contributed by atoms with Crippen LogP contribution >= 0.6 is 0 Å². The van der Waals surface area contributed by atoms with E-state index in [4.69, 9.17) is 0 Å². The molecule has 0 atom stereocenters. The van der Waals surface area contributed by atoms with Gasteiger partial charge in [0.15, 0.2) is 0 Å². The number of para-hydroxylation sites is 1. The molecule has 0 saturated heterocycles. The van der Waals surface area contributed by atoms with Crippen LogP contribution in [0.5, 0.6) is 0 Å². The zero-order valence-electron chi connectivity index (χ0n) is 14.9. The molecule has 0 amide bonds. The van der Waals surface area contributed by atoms with E-state index < -0.39 is 0 Å². The standard InChI is InChI=1S/C26H19N/c1-18(26-17-24-9-4-5-12-25(24)27-26)20-10-6-11-22(15-20)23-14-13-19-7-2-3-8-21(19)16-23/h2-17,27H,1H2. The van der Waals surface area contributed by atoms with Crippen molar-refractivity contribution in [2.75, 3.05) is 0 Å². The lowest BCUT2D eigenvalue weighted by atomic mass is 9.97. The van der Waals surface area contributed by atoms with Gasteiger partial charge in [0.25, 0.3) is 0 Å². The minimum Gasteiger partial charge on any atom is -0.355 e. The fraction of sp³-hybridized carbons (Fsp3) is 0. The van der Waals surface area contributed by atoms with Gasteiger partial charge in [0.2, 0.25) is 0 Å². The molecule has 27 heavy (non-hydrogen) atoms. The Hall–Kier alpha value is -3.58. The van der Waals surface area contributed by atoms with Gasteiger partial charge in [-0.15, -0.1) is 0 Å². The van der Waals surface area contributed by atoms with E-state index >= 15 is 0 Å². The fourth-order valence-corrected chi connectivity index (χ4v) is 3.65.